The number of furan rings is 1. The number of aromatic nitrogens is 2. The quantitative estimate of drug-likeness (QED) is 0.169. The summed E-state index contributed by atoms with van der Waals surface area (Å²) in [5, 5.41) is 23.4. The van der Waals surface area contributed by atoms with Gasteiger partial charge in [0.25, 0.3) is 5.91 Å². The normalized spacial score (nSPS) is 31.3. The van der Waals surface area contributed by atoms with Crippen molar-refractivity contribution in [1.82, 2.24) is 15.1 Å². The summed E-state index contributed by atoms with van der Waals surface area (Å²) >= 11 is 0. The number of hydrogen-bond donors (Lipinski definition) is 3. The predicted molar refractivity (Wildman–Crippen MR) is 198 cm³/mol. The summed E-state index contributed by atoms with van der Waals surface area (Å²) in [6.07, 6.45) is 10.7. The van der Waals surface area contributed by atoms with Crippen LogP contribution in [0.5, 0.6) is 0 Å². The Morgan fingerprint density at radius 1 is 1.02 bits per heavy atom. The van der Waals surface area contributed by atoms with Crippen molar-refractivity contribution < 1.29 is 28.6 Å². The van der Waals surface area contributed by atoms with Crippen LogP contribution in [0.15, 0.2) is 89.2 Å². The van der Waals surface area contributed by atoms with Gasteiger partial charge in [-0.3, -0.25) is 9.59 Å². The van der Waals surface area contributed by atoms with Crippen molar-refractivity contribution >= 4 is 29.5 Å². The number of aliphatic hydroxyl groups is 1. The number of allylic oxidation sites excluding steroid dienone is 1. The zero-order valence-corrected chi connectivity index (χ0v) is 30.2. The highest BCUT2D eigenvalue weighted by atomic mass is 16.6. The molecule has 3 N–H and O–H groups in total. The average Bonchev–Trinajstić information content (AvgIpc) is 3.57. The van der Waals surface area contributed by atoms with Gasteiger partial charge >= 0.3 is 5.97 Å². The molecule has 0 spiro atoms. The summed E-state index contributed by atoms with van der Waals surface area (Å²) in [5.41, 5.74) is 3.48. The van der Waals surface area contributed by atoms with Crippen molar-refractivity contribution in [3.8, 4) is 5.69 Å². The fraction of sp³-hybridized carbons (Fsp3) is 0.442. The minimum absolute atomic E-state index is 0.0398. The smallest absolute Gasteiger partial charge is 0.375 e. The topological polar surface area (TPSA) is 136 Å². The van der Waals surface area contributed by atoms with Crippen LogP contribution in [0.3, 0.4) is 0 Å². The maximum atomic E-state index is 14.5. The molecule has 53 heavy (non-hydrogen) atoms. The molecule has 7 unspecified atom stereocenters. The van der Waals surface area contributed by atoms with Gasteiger partial charge in [-0.2, -0.15) is 5.10 Å². The van der Waals surface area contributed by atoms with Gasteiger partial charge in [0.2, 0.25) is 11.7 Å². The second-order valence-corrected chi connectivity index (χ2v) is 16.5. The molecular weight excluding hydrogens is 668 g/mol. The first-order chi connectivity index (χ1) is 25.6. The number of amides is 2. The minimum atomic E-state index is -1.48. The Balaban J connectivity index is 1.01. The molecule has 0 saturated heterocycles. The Morgan fingerprint density at radius 3 is 2.62 bits per heavy atom. The zero-order valence-electron chi connectivity index (χ0n) is 30.2. The van der Waals surface area contributed by atoms with E-state index >= 15 is 0 Å². The van der Waals surface area contributed by atoms with Crippen LogP contribution in [-0.4, -0.2) is 44.4 Å². The molecule has 10 nitrogen and oxygen atoms in total. The Labute approximate surface area is 309 Å². The highest BCUT2D eigenvalue weighted by Gasteiger charge is 2.71. The fourth-order valence-corrected chi connectivity index (χ4v) is 10.8. The number of aliphatic hydroxyl groups excluding tert-OH is 1. The summed E-state index contributed by atoms with van der Waals surface area (Å²) in [6, 6.07) is 20.7. The van der Waals surface area contributed by atoms with Crippen LogP contribution in [0, 0.1) is 34.5 Å². The van der Waals surface area contributed by atoms with Crippen molar-refractivity contribution in [2.45, 2.75) is 83.5 Å². The number of hydrogen-bond acceptors (Lipinski definition) is 7. The van der Waals surface area contributed by atoms with E-state index in [1.807, 2.05) is 65.5 Å². The molecule has 10 heteroatoms. The number of carbonyl (C=O) groups excluding carboxylic acids is 3. The van der Waals surface area contributed by atoms with E-state index in [-0.39, 0.29) is 46.7 Å². The van der Waals surface area contributed by atoms with Gasteiger partial charge < -0.3 is 24.9 Å². The van der Waals surface area contributed by atoms with Gasteiger partial charge in [0.1, 0.15) is 0 Å². The zero-order chi connectivity index (χ0) is 36.5. The molecule has 274 valence electrons. The number of ether oxygens (including phenoxy) is 1. The van der Waals surface area contributed by atoms with Gasteiger partial charge in [-0.25, -0.2) is 9.48 Å². The third-order valence-electron chi connectivity index (χ3n) is 13.5. The third kappa shape index (κ3) is 5.47. The number of nitrogens with one attached hydrogen (secondary N) is 2. The predicted octanol–water partition coefficient (Wildman–Crippen LogP) is 6.88. The summed E-state index contributed by atoms with van der Waals surface area (Å²) < 4.78 is 13.7. The molecular formula is C43H46N4O6. The number of esters is 1. The summed E-state index contributed by atoms with van der Waals surface area (Å²) in [5.74, 6) is -0.612. The van der Waals surface area contributed by atoms with Crippen LogP contribution in [0.4, 0.5) is 5.69 Å². The van der Waals surface area contributed by atoms with Crippen LogP contribution in [-0.2, 0) is 27.3 Å². The van der Waals surface area contributed by atoms with E-state index in [4.69, 9.17) is 14.3 Å². The number of rotatable bonds is 8. The molecule has 5 aliphatic rings. The van der Waals surface area contributed by atoms with Crippen LogP contribution in [0.1, 0.15) is 86.2 Å². The molecule has 5 aliphatic carbocycles. The molecule has 0 aliphatic heterocycles. The monoisotopic (exact) mass is 714 g/mol. The molecule has 4 fully saturated rings. The number of carbonyl (C=O) groups is 3. The first-order valence-corrected chi connectivity index (χ1v) is 19.1. The second-order valence-electron chi connectivity index (χ2n) is 16.5. The van der Waals surface area contributed by atoms with Gasteiger partial charge in [0.05, 0.1) is 29.9 Å². The lowest BCUT2D eigenvalue weighted by atomic mass is 9.45. The Hall–Kier alpha value is -4.96. The molecule has 2 aromatic heterocycles. The van der Waals surface area contributed by atoms with Crippen LogP contribution < -0.4 is 10.6 Å². The first kappa shape index (κ1) is 33.8. The summed E-state index contributed by atoms with van der Waals surface area (Å²) in [4.78, 5) is 40.5. The molecule has 4 aromatic rings. The molecule has 0 radical (unpaired) electrons. The SMILES string of the molecule is CC12Cc3cnn(-c4cccc(NC(=O)C5CC5)c4)c3C=C1CCC1C2C(O)CC2(C)C1CCC2(OC(=O)c1ccco1)C(=O)NCc1ccccc1. The molecule has 2 aromatic carbocycles. The van der Waals surface area contributed by atoms with E-state index in [9.17, 15) is 19.5 Å². The van der Waals surface area contributed by atoms with E-state index in [2.05, 4.69) is 30.6 Å². The maximum Gasteiger partial charge on any atom is 0.375 e. The molecule has 2 amide bonds. The van der Waals surface area contributed by atoms with E-state index < -0.39 is 23.1 Å². The fourth-order valence-electron chi connectivity index (χ4n) is 10.8. The van der Waals surface area contributed by atoms with Gasteiger partial charge in [-0.15, -0.1) is 0 Å². The van der Waals surface area contributed by atoms with Crippen molar-refractivity contribution in [1.29, 1.82) is 0 Å². The summed E-state index contributed by atoms with van der Waals surface area (Å²) in [7, 11) is 0. The lowest BCUT2D eigenvalue weighted by Gasteiger charge is -2.60. The Bertz CT molecular complexity index is 2100. The van der Waals surface area contributed by atoms with Crippen LogP contribution in [0.25, 0.3) is 11.8 Å². The van der Waals surface area contributed by atoms with Gasteiger partial charge in [-0.05, 0) is 122 Å². The highest BCUT2D eigenvalue weighted by molar-refractivity contribution is 5.94. The highest BCUT2D eigenvalue weighted by Crippen LogP contribution is 2.68. The van der Waals surface area contributed by atoms with Crippen molar-refractivity contribution in [2.24, 2.45) is 34.5 Å². The number of fused-ring (bicyclic) bond motifs is 6. The van der Waals surface area contributed by atoms with Crippen LogP contribution in [0.2, 0.25) is 0 Å². The molecule has 0 bridgehead atoms. The molecule has 2 heterocycles. The second kappa shape index (κ2) is 12.6. The molecule has 7 atom stereocenters. The van der Waals surface area contributed by atoms with Crippen LogP contribution >= 0.6 is 0 Å². The number of benzene rings is 2. The Kier molecular flexibility index (Phi) is 8.03. The third-order valence-corrected chi connectivity index (χ3v) is 13.5. The maximum absolute atomic E-state index is 14.5. The van der Waals surface area contributed by atoms with Crippen molar-refractivity contribution in [3.05, 3.63) is 107 Å². The summed E-state index contributed by atoms with van der Waals surface area (Å²) in [6.45, 7) is 4.65. The first-order valence-electron chi connectivity index (χ1n) is 19.1. The lowest BCUT2D eigenvalue weighted by Crippen LogP contribution is -2.64. The van der Waals surface area contributed by atoms with E-state index in [1.54, 1.807) is 12.1 Å². The largest absolute Gasteiger partial charge is 0.457 e. The average molecular weight is 715 g/mol. The van der Waals surface area contributed by atoms with Gasteiger partial charge in [0, 0.05) is 23.6 Å². The number of nitrogens with zero attached hydrogens (tertiary/aromatic N) is 2. The van der Waals surface area contributed by atoms with Gasteiger partial charge in [0.15, 0.2) is 5.60 Å². The standard InChI is InChI=1S/C43H46N4O6/c1-41-22-28-25-45-47(31-11-6-10-30(21-31)46-38(49)27-13-14-27)34(28)20-29(41)15-16-32-33-17-18-43(42(33,2)23-35(48)37(32)41,53-39(50)36-12-7-19-52-36)40(51)44-24-26-8-4-3-5-9-26/h3-12,19-21,25,27,32-33,35,37,48H,13-18,22-24H2,1-2H3,(H,44,51)(H,46,49). The number of anilines is 1. The van der Waals surface area contributed by atoms with Crippen molar-refractivity contribution in [2.75, 3.05) is 5.32 Å². The van der Waals surface area contributed by atoms with E-state index in [0.29, 0.717) is 25.8 Å². The van der Waals surface area contributed by atoms with E-state index in [1.165, 1.54) is 11.8 Å². The Morgan fingerprint density at radius 2 is 1.85 bits per heavy atom. The van der Waals surface area contributed by atoms with E-state index in [0.717, 1.165) is 60.3 Å². The molecule has 4 saturated carbocycles. The minimum Gasteiger partial charge on any atom is -0.457 e. The van der Waals surface area contributed by atoms with Crippen molar-refractivity contribution in [3.63, 3.8) is 0 Å². The van der Waals surface area contributed by atoms with Gasteiger partial charge in [-0.1, -0.05) is 55.8 Å². The lowest BCUT2D eigenvalue weighted by molar-refractivity contribution is -0.182. The molecule has 9 rings (SSSR count).